The summed E-state index contributed by atoms with van der Waals surface area (Å²) in [6, 6.07) is 10.1. The van der Waals surface area contributed by atoms with Gasteiger partial charge in [-0.2, -0.15) is 0 Å². The van der Waals surface area contributed by atoms with Crippen LogP contribution in [0.3, 0.4) is 0 Å². The van der Waals surface area contributed by atoms with Gasteiger partial charge in [0.1, 0.15) is 11.5 Å². The molecule has 6 nitrogen and oxygen atoms in total. The van der Waals surface area contributed by atoms with E-state index in [0.717, 1.165) is 12.8 Å². The molecule has 0 amide bonds. The first-order valence-corrected chi connectivity index (χ1v) is 11.4. The van der Waals surface area contributed by atoms with Crippen molar-refractivity contribution in [1.82, 2.24) is 5.16 Å². The number of hydrogen-bond acceptors (Lipinski definition) is 6. The number of ketones is 2. The molecule has 1 aromatic heterocycles. The van der Waals surface area contributed by atoms with Crippen molar-refractivity contribution in [2.75, 3.05) is 6.54 Å². The van der Waals surface area contributed by atoms with E-state index in [1.54, 1.807) is 0 Å². The standard InChI is InChI=1S/C26H30N2O4/c1-26(2)15-19(27-14-13-17-7-4-3-5-8-17)24(22(31)16-26)21(30)12-11-18-25-20(29)9-6-10-23(25)32-28-18/h3-5,7-8,30H,6,9-16H2,1-2H3. The predicted molar refractivity (Wildman–Crippen MR) is 122 cm³/mol. The topological polar surface area (TPSA) is 92.8 Å². The van der Waals surface area contributed by atoms with Crippen LogP contribution in [0.2, 0.25) is 0 Å². The number of Topliss-reactive ketones (excluding diaryl/α,β-unsaturated/α-hetero) is 2. The van der Waals surface area contributed by atoms with Gasteiger partial charge < -0.3 is 9.63 Å². The first kappa shape index (κ1) is 22.2. The number of allylic oxidation sites excluding steroid dienone is 2. The van der Waals surface area contributed by atoms with Crippen LogP contribution in [0.25, 0.3) is 0 Å². The van der Waals surface area contributed by atoms with Gasteiger partial charge in [-0.25, -0.2) is 0 Å². The molecule has 2 aliphatic rings. The van der Waals surface area contributed by atoms with Gasteiger partial charge in [0.2, 0.25) is 0 Å². The first-order chi connectivity index (χ1) is 15.3. The van der Waals surface area contributed by atoms with Crippen LogP contribution >= 0.6 is 0 Å². The normalized spacial score (nSPS) is 21.0. The number of aryl methyl sites for hydroxylation is 2. The Labute approximate surface area is 188 Å². The monoisotopic (exact) mass is 434 g/mol. The SMILES string of the molecule is CC1(C)CC(=O)C(=C(O)CCc2noc3c2C(=O)CCC3)C(=NCCc2ccccc2)C1. The minimum absolute atomic E-state index is 0.0315. The molecule has 0 bridgehead atoms. The quantitative estimate of drug-likeness (QED) is 0.509. The number of carbonyl (C=O) groups excluding carboxylic acids is 2. The number of nitrogens with zero attached hydrogens (tertiary/aromatic N) is 2. The van der Waals surface area contributed by atoms with Crippen molar-refractivity contribution in [3.8, 4) is 0 Å². The predicted octanol–water partition coefficient (Wildman–Crippen LogP) is 5.01. The number of benzene rings is 1. The number of aromatic nitrogens is 1. The van der Waals surface area contributed by atoms with Gasteiger partial charge in [-0.1, -0.05) is 49.3 Å². The number of aliphatic hydroxyl groups excluding tert-OH is 1. The lowest BCUT2D eigenvalue weighted by molar-refractivity contribution is -0.117. The van der Waals surface area contributed by atoms with Crippen LogP contribution in [0.1, 0.15) is 73.3 Å². The van der Waals surface area contributed by atoms with Crippen LogP contribution in [0.5, 0.6) is 0 Å². The average molecular weight is 435 g/mol. The maximum Gasteiger partial charge on any atom is 0.168 e. The second-order valence-corrected chi connectivity index (χ2v) is 9.53. The van der Waals surface area contributed by atoms with Gasteiger partial charge in [-0.15, -0.1) is 0 Å². The van der Waals surface area contributed by atoms with Crippen molar-refractivity contribution in [2.24, 2.45) is 10.4 Å². The largest absolute Gasteiger partial charge is 0.511 e. The van der Waals surface area contributed by atoms with E-state index in [1.807, 2.05) is 18.2 Å². The van der Waals surface area contributed by atoms with Gasteiger partial charge in [0.15, 0.2) is 11.6 Å². The van der Waals surface area contributed by atoms with Crippen LogP contribution in [0.4, 0.5) is 0 Å². The van der Waals surface area contributed by atoms with Gasteiger partial charge in [0.05, 0.1) is 16.8 Å². The van der Waals surface area contributed by atoms with Crippen molar-refractivity contribution in [1.29, 1.82) is 0 Å². The Morgan fingerprint density at radius 3 is 2.66 bits per heavy atom. The molecule has 6 heteroatoms. The summed E-state index contributed by atoms with van der Waals surface area (Å²) in [4.78, 5) is 30.0. The Hall–Kier alpha value is -3.02. The fraction of sp³-hybridized carbons (Fsp3) is 0.462. The summed E-state index contributed by atoms with van der Waals surface area (Å²) in [5.41, 5.74) is 3.17. The maximum atomic E-state index is 13.0. The van der Waals surface area contributed by atoms with E-state index in [4.69, 9.17) is 9.52 Å². The Balaban J connectivity index is 1.53. The molecule has 0 radical (unpaired) electrons. The molecule has 2 aliphatic carbocycles. The molecule has 1 N–H and O–H groups in total. The number of fused-ring (bicyclic) bond motifs is 1. The summed E-state index contributed by atoms with van der Waals surface area (Å²) < 4.78 is 5.34. The molecular weight excluding hydrogens is 404 g/mol. The van der Waals surface area contributed by atoms with Crippen molar-refractivity contribution in [3.63, 3.8) is 0 Å². The molecule has 0 unspecified atom stereocenters. The first-order valence-electron chi connectivity index (χ1n) is 11.4. The van der Waals surface area contributed by atoms with E-state index >= 15 is 0 Å². The third kappa shape index (κ3) is 4.90. The minimum Gasteiger partial charge on any atom is -0.511 e. The highest BCUT2D eigenvalue weighted by atomic mass is 16.5. The zero-order chi connectivity index (χ0) is 22.7. The lowest BCUT2D eigenvalue weighted by Gasteiger charge is -2.31. The van der Waals surface area contributed by atoms with Crippen molar-refractivity contribution in [3.05, 3.63) is 64.2 Å². The fourth-order valence-corrected chi connectivity index (χ4v) is 4.63. The molecule has 4 rings (SSSR count). The van der Waals surface area contributed by atoms with Gasteiger partial charge in [-0.05, 0) is 30.2 Å². The van der Waals surface area contributed by atoms with Crippen LogP contribution in [0.15, 0.2) is 51.2 Å². The van der Waals surface area contributed by atoms with Gasteiger partial charge in [-0.3, -0.25) is 14.6 Å². The molecule has 1 aromatic carbocycles. The summed E-state index contributed by atoms with van der Waals surface area (Å²) in [6.45, 7) is 4.67. The molecule has 0 saturated heterocycles. The maximum absolute atomic E-state index is 13.0. The zero-order valence-corrected chi connectivity index (χ0v) is 18.8. The number of aliphatic imine (C=N–C) groups is 1. The van der Waals surface area contributed by atoms with Crippen molar-refractivity contribution >= 4 is 17.3 Å². The van der Waals surface area contributed by atoms with E-state index in [9.17, 15) is 14.7 Å². The Bertz CT molecular complexity index is 1080. The number of hydrogen-bond donors (Lipinski definition) is 1. The molecule has 1 heterocycles. The molecule has 2 aromatic rings. The average Bonchev–Trinajstić information content (AvgIpc) is 3.16. The highest BCUT2D eigenvalue weighted by Crippen LogP contribution is 2.36. The second kappa shape index (κ2) is 9.23. The molecule has 1 fully saturated rings. The van der Waals surface area contributed by atoms with Crippen LogP contribution in [-0.4, -0.2) is 34.1 Å². The van der Waals surface area contributed by atoms with E-state index in [0.29, 0.717) is 67.0 Å². The van der Waals surface area contributed by atoms with Gasteiger partial charge in [0.25, 0.3) is 0 Å². The summed E-state index contributed by atoms with van der Waals surface area (Å²) >= 11 is 0. The number of aliphatic hydroxyl groups is 1. The van der Waals surface area contributed by atoms with Crippen LogP contribution < -0.4 is 0 Å². The summed E-state index contributed by atoms with van der Waals surface area (Å²) in [7, 11) is 0. The third-order valence-corrected chi connectivity index (χ3v) is 6.21. The lowest BCUT2D eigenvalue weighted by atomic mass is 9.73. The molecule has 0 atom stereocenters. The smallest absolute Gasteiger partial charge is 0.168 e. The second-order valence-electron chi connectivity index (χ2n) is 9.53. The van der Waals surface area contributed by atoms with E-state index in [1.165, 1.54) is 5.56 Å². The molecule has 0 aliphatic heterocycles. The van der Waals surface area contributed by atoms with Crippen LogP contribution in [0, 0.1) is 5.41 Å². The fourth-order valence-electron chi connectivity index (χ4n) is 4.63. The summed E-state index contributed by atoms with van der Waals surface area (Å²) in [5.74, 6) is 0.648. The highest BCUT2D eigenvalue weighted by Gasteiger charge is 2.36. The van der Waals surface area contributed by atoms with E-state index in [-0.39, 0.29) is 29.2 Å². The molecule has 0 spiro atoms. The van der Waals surface area contributed by atoms with E-state index < -0.39 is 0 Å². The zero-order valence-electron chi connectivity index (χ0n) is 18.8. The van der Waals surface area contributed by atoms with Crippen molar-refractivity contribution in [2.45, 2.75) is 65.2 Å². The molecule has 168 valence electrons. The Kier molecular flexibility index (Phi) is 6.40. The number of carbonyl (C=O) groups is 2. The minimum atomic E-state index is -0.190. The highest BCUT2D eigenvalue weighted by molar-refractivity contribution is 6.24. The van der Waals surface area contributed by atoms with Gasteiger partial charge >= 0.3 is 0 Å². The van der Waals surface area contributed by atoms with Crippen LogP contribution in [-0.2, 0) is 24.1 Å². The Morgan fingerprint density at radius 1 is 1.09 bits per heavy atom. The summed E-state index contributed by atoms with van der Waals surface area (Å²) in [6.07, 6.45) is 4.38. The molecule has 1 saturated carbocycles. The lowest BCUT2D eigenvalue weighted by Crippen LogP contribution is -2.33. The molecular formula is C26H30N2O4. The van der Waals surface area contributed by atoms with Gasteiger partial charge in [0, 0.05) is 44.4 Å². The van der Waals surface area contributed by atoms with E-state index in [2.05, 4.69) is 31.1 Å². The summed E-state index contributed by atoms with van der Waals surface area (Å²) in [5, 5.41) is 15.0. The number of rotatable bonds is 6. The van der Waals surface area contributed by atoms with Crippen molar-refractivity contribution < 1.29 is 19.2 Å². The third-order valence-electron chi connectivity index (χ3n) is 6.21. The Morgan fingerprint density at radius 2 is 1.88 bits per heavy atom. The molecule has 32 heavy (non-hydrogen) atoms.